The van der Waals surface area contributed by atoms with Gasteiger partial charge in [-0.3, -0.25) is 0 Å². The van der Waals surface area contributed by atoms with Crippen molar-refractivity contribution in [2.45, 2.75) is 55.9 Å². The smallest absolute Gasteiger partial charge is 0.241 e. The number of rotatable bonds is 7. The molecule has 0 aliphatic heterocycles. The van der Waals surface area contributed by atoms with Crippen LogP contribution in [-0.2, 0) is 16.4 Å². The van der Waals surface area contributed by atoms with Crippen molar-refractivity contribution >= 4 is 21.4 Å². The molecular formula is C21H26N4O3S2. The molecule has 4 rings (SSSR count). The van der Waals surface area contributed by atoms with Crippen molar-refractivity contribution in [3.63, 3.8) is 0 Å². The molecule has 30 heavy (non-hydrogen) atoms. The van der Waals surface area contributed by atoms with Crippen molar-refractivity contribution in [3.8, 4) is 10.4 Å². The minimum atomic E-state index is -3.65. The molecule has 0 bridgehead atoms. The normalized spacial score (nSPS) is 19.8. The number of nitrogens with one attached hydrogen (secondary N) is 1. The van der Waals surface area contributed by atoms with Crippen LogP contribution >= 0.6 is 11.3 Å². The Labute approximate surface area is 180 Å². The molecule has 0 spiro atoms. The highest BCUT2D eigenvalue weighted by Gasteiger charge is 2.25. The fourth-order valence-corrected chi connectivity index (χ4v) is 6.35. The van der Waals surface area contributed by atoms with Gasteiger partial charge in [0.15, 0.2) is 5.89 Å². The Morgan fingerprint density at radius 1 is 1.23 bits per heavy atom. The highest BCUT2D eigenvalue weighted by atomic mass is 32.2. The number of thiazole rings is 1. The van der Waals surface area contributed by atoms with Crippen LogP contribution in [0.4, 0.5) is 0 Å². The molecule has 160 valence electrons. The lowest BCUT2D eigenvalue weighted by molar-refractivity contribution is 0.395. The Bertz CT molecular complexity index is 1090. The van der Waals surface area contributed by atoms with E-state index in [0.717, 1.165) is 41.1 Å². The molecule has 2 aromatic heterocycles. The van der Waals surface area contributed by atoms with Crippen LogP contribution in [0.25, 0.3) is 10.4 Å². The van der Waals surface area contributed by atoms with E-state index in [4.69, 9.17) is 10.2 Å². The summed E-state index contributed by atoms with van der Waals surface area (Å²) in [5.74, 6) is 0.951. The number of hydrogen-bond donors (Lipinski definition) is 2. The van der Waals surface area contributed by atoms with Gasteiger partial charge in [-0.15, -0.1) is 11.3 Å². The summed E-state index contributed by atoms with van der Waals surface area (Å²) >= 11 is 1.58. The van der Waals surface area contributed by atoms with Gasteiger partial charge in [0.2, 0.25) is 10.0 Å². The van der Waals surface area contributed by atoms with E-state index in [9.17, 15) is 8.42 Å². The molecule has 1 aliphatic rings. The van der Waals surface area contributed by atoms with Crippen molar-refractivity contribution < 1.29 is 12.8 Å². The number of benzene rings is 1. The van der Waals surface area contributed by atoms with Gasteiger partial charge in [0.1, 0.15) is 6.26 Å². The van der Waals surface area contributed by atoms with Gasteiger partial charge in [0.25, 0.3) is 0 Å². The SMILES string of the molecule is CCNS(=O)(=O)c1cc(Cc2ncco2)ccc1-c1cnc([C@H]2CC[C@H](N)CC2)s1. The average Bonchev–Trinajstić information content (AvgIpc) is 3.41. The maximum absolute atomic E-state index is 12.9. The molecule has 3 N–H and O–H groups in total. The van der Waals surface area contributed by atoms with E-state index in [0.29, 0.717) is 30.3 Å². The monoisotopic (exact) mass is 446 g/mol. The van der Waals surface area contributed by atoms with Crippen LogP contribution in [-0.4, -0.2) is 31.0 Å². The quantitative estimate of drug-likeness (QED) is 0.573. The highest BCUT2D eigenvalue weighted by Crippen LogP contribution is 2.39. The van der Waals surface area contributed by atoms with Crippen molar-refractivity contribution in [3.05, 3.63) is 53.3 Å². The lowest BCUT2D eigenvalue weighted by Crippen LogP contribution is -2.25. The molecule has 3 aromatic rings. The predicted octanol–water partition coefficient (Wildman–Crippen LogP) is 3.67. The molecule has 0 atom stereocenters. The first-order valence-corrected chi connectivity index (χ1v) is 12.5. The molecule has 9 heteroatoms. The van der Waals surface area contributed by atoms with Crippen molar-refractivity contribution in [1.29, 1.82) is 0 Å². The van der Waals surface area contributed by atoms with Gasteiger partial charge in [-0.2, -0.15) is 0 Å². The van der Waals surface area contributed by atoms with E-state index in [1.54, 1.807) is 36.7 Å². The van der Waals surface area contributed by atoms with E-state index in [-0.39, 0.29) is 10.9 Å². The van der Waals surface area contributed by atoms with Crippen LogP contribution < -0.4 is 10.5 Å². The van der Waals surface area contributed by atoms with Gasteiger partial charge >= 0.3 is 0 Å². The van der Waals surface area contributed by atoms with Gasteiger partial charge in [0, 0.05) is 36.7 Å². The molecule has 1 aromatic carbocycles. The Hall–Kier alpha value is -2.07. The second kappa shape index (κ2) is 8.97. The summed E-state index contributed by atoms with van der Waals surface area (Å²) in [6, 6.07) is 5.77. The average molecular weight is 447 g/mol. The number of aromatic nitrogens is 2. The molecule has 7 nitrogen and oxygen atoms in total. The second-order valence-corrected chi connectivity index (χ2v) is 10.4. The minimum absolute atomic E-state index is 0.259. The van der Waals surface area contributed by atoms with E-state index in [2.05, 4.69) is 14.7 Å². The summed E-state index contributed by atoms with van der Waals surface area (Å²) in [4.78, 5) is 9.88. The molecule has 2 heterocycles. The fourth-order valence-electron chi connectivity index (χ4n) is 3.85. The van der Waals surface area contributed by atoms with Crippen LogP contribution in [0.3, 0.4) is 0 Å². The summed E-state index contributed by atoms with van der Waals surface area (Å²) < 4.78 is 33.8. The lowest BCUT2D eigenvalue weighted by atomic mass is 9.87. The zero-order valence-electron chi connectivity index (χ0n) is 16.9. The third-order valence-corrected chi connectivity index (χ3v) is 8.20. The molecule has 0 unspecified atom stereocenters. The Balaban J connectivity index is 1.68. The Kier molecular flexibility index (Phi) is 6.33. The molecule has 0 radical (unpaired) electrons. The lowest BCUT2D eigenvalue weighted by Gasteiger charge is -2.24. The highest BCUT2D eigenvalue weighted by molar-refractivity contribution is 7.89. The van der Waals surface area contributed by atoms with Gasteiger partial charge in [-0.25, -0.2) is 23.1 Å². The van der Waals surface area contributed by atoms with Gasteiger partial charge in [0.05, 0.1) is 21.0 Å². The van der Waals surface area contributed by atoms with E-state index in [1.165, 1.54) is 6.26 Å². The third kappa shape index (κ3) is 4.64. The summed E-state index contributed by atoms with van der Waals surface area (Å²) in [5, 5.41) is 1.06. The van der Waals surface area contributed by atoms with Crippen molar-refractivity contribution in [2.24, 2.45) is 5.73 Å². The van der Waals surface area contributed by atoms with E-state index in [1.807, 2.05) is 12.1 Å². The minimum Gasteiger partial charge on any atom is -0.449 e. The van der Waals surface area contributed by atoms with Gasteiger partial charge < -0.3 is 10.2 Å². The van der Waals surface area contributed by atoms with E-state index >= 15 is 0 Å². The molecule has 1 saturated carbocycles. The molecule has 0 amide bonds. The van der Waals surface area contributed by atoms with Crippen molar-refractivity contribution in [1.82, 2.24) is 14.7 Å². The number of sulfonamides is 1. The maximum Gasteiger partial charge on any atom is 0.241 e. The topological polar surface area (TPSA) is 111 Å². The molecule has 0 saturated heterocycles. The molecular weight excluding hydrogens is 420 g/mol. The third-order valence-electron chi connectivity index (χ3n) is 5.42. The first-order valence-electron chi connectivity index (χ1n) is 10.2. The second-order valence-electron chi connectivity index (χ2n) is 7.61. The number of nitrogens with two attached hydrogens (primary N) is 1. The van der Waals surface area contributed by atoms with Crippen LogP contribution in [0.5, 0.6) is 0 Å². The van der Waals surface area contributed by atoms with Gasteiger partial charge in [-0.1, -0.05) is 19.1 Å². The van der Waals surface area contributed by atoms with Crippen LogP contribution in [0, 0.1) is 0 Å². The largest absolute Gasteiger partial charge is 0.449 e. The van der Waals surface area contributed by atoms with E-state index < -0.39 is 10.0 Å². The first-order chi connectivity index (χ1) is 14.5. The van der Waals surface area contributed by atoms with Crippen LogP contribution in [0.2, 0.25) is 0 Å². The summed E-state index contributed by atoms with van der Waals surface area (Å²) in [7, 11) is -3.65. The summed E-state index contributed by atoms with van der Waals surface area (Å²) in [6.45, 7) is 2.09. The number of hydrogen-bond acceptors (Lipinski definition) is 7. The Morgan fingerprint density at radius 3 is 2.73 bits per heavy atom. The van der Waals surface area contributed by atoms with Gasteiger partial charge in [-0.05, 0) is 37.3 Å². The first kappa shape index (κ1) is 21.2. The summed E-state index contributed by atoms with van der Waals surface area (Å²) in [5.41, 5.74) is 7.52. The maximum atomic E-state index is 12.9. The molecule has 1 fully saturated rings. The van der Waals surface area contributed by atoms with Crippen molar-refractivity contribution in [2.75, 3.05) is 6.54 Å². The standard InChI is InChI=1S/C21H26N4O3S2/c1-2-25-30(26,27)19-11-14(12-20-23-9-10-28-20)3-8-17(19)18-13-24-21(29-18)15-4-6-16(22)7-5-15/h3,8-11,13,15-16,25H,2,4-7,12,22H2,1H3/t15-,16-. The fraction of sp³-hybridized carbons (Fsp3) is 0.429. The number of nitrogens with zero attached hydrogens (tertiary/aromatic N) is 2. The zero-order chi connectivity index (χ0) is 21.1. The van der Waals surface area contributed by atoms with Crippen LogP contribution in [0.1, 0.15) is 55.0 Å². The predicted molar refractivity (Wildman–Crippen MR) is 117 cm³/mol. The summed E-state index contributed by atoms with van der Waals surface area (Å²) in [6.07, 6.45) is 9.40. The zero-order valence-corrected chi connectivity index (χ0v) is 18.5. The molecule has 1 aliphatic carbocycles. The van der Waals surface area contributed by atoms with Crippen LogP contribution in [0.15, 0.2) is 46.2 Å². The Morgan fingerprint density at radius 2 is 2.03 bits per heavy atom. The number of oxazole rings is 1.